The molecule has 0 fully saturated rings. The molecule has 3 nitrogen and oxygen atoms in total. The van der Waals surface area contributed by atoms with Gasteiger partial charge in [0.2, 0.25) is 0 Å². The molecule has 0 saturated heterocycles. The summed E-state index contributed by atoms with van der Waals surface area (Å²) < 4.78 is 0. The lowest BCUT2D eigenvalue weighted by atomic mass is 10.1. The highest BCUT2D eigenvalue weighted by molar-refractivity contribution is 7.11. The molecule has 90 valence electrons. The van der Waals surface area contributed by atoms with Gasteiger partial charge in [-0.15, -0.1) is 11.3 Å². The molecule has 0 aliphatic heterocycles. The van der Waals surface area contributed by atoms with Gasteiger partial charge in [-0.2, -0.15) is 0 Å². The van der Waals surface area contributed by atoms with Gasteiger partial charge in [0.1, 0.15) is 5.01 Å². The zero-order chi connectivity index (χ0) is 12.4. The number of benzene rings is 1. The number of nitrogens with two attached hydrogens (primary N) is 1. The largest absolute Gasteiger partial charge is 0.378 e. The highest BCUT2D eigenvalue weighted by Crippen LogP contribution is 2.25. The lowest BCUT2D eigenvalue weighted by Crippen LogP contribution is -2.12. The highest BCUT2D eigenvalue weighted by Gasteiger charge is 2.12. The van der Waals surface area contributed by atoms with Crippen molar-refractivity contribution in [3.8, 4) is 0 Å². The molecule has 0 saturated carbocycles. The maximum atomic E-state index is 6.19. The van der Waals surface area contributed by atoms with Gasteiger partial charge in [0, 0.05) is 30.9 Å². The second-order valence-electron chi connectivity index (χ2n) is 4.27. The lowest BCUT2D eigenvalue weighted by Gasteiger charge is -2.14. The van der Waals surface area contributed by atoms with Crippen LogP contribution >= 0.6 is 11.3 Å². The summed E-state index contributed by atoms with van der Waals surface area (Å²) in [6, 6.07) is 8.17. The average Bonchev–Trinajstić information content (AvgIpc) is 2.75. The molecule has 0 aliphatic rings. The summed E-state index contributed by atoms with van der Waals surface area (Å²) in [5.41, 5.74) is 8.47. The molecule has 2 rings (SSSR count). The number of nitrogens with zero attached hydrogens (tertiary/aromatic N) is 2. The first-order valence-electron chi connectivity index (χ1n) is 5.53. The monoisotopic (exact) mass is 247 g/mol. The minimum absolute atomic E-state index is 0.120. The fraction of sp³-hybridized carbons (Fsp3) is 0.308. The Kier molecular flexibility index (Phi) is 3.45. The molecule has 1 heterocycles. The maximum Gasteiger partial charge on any atom is 0.114 e. The Hall–Kier alpha value is -1.39. The summed E-state index contributed by atoms with van der Waals surface area (Å²) in [5, 5.41) is 0.972. The van der Waals surface area contributed by atoms with Crippen LogP contribution in [0, 0.1) is 6.92 Å². The number of aromatic nitrogens is 1. The molecule has 0 aliphatic carbocycles. The van der Waals surface area contributed by atoms with Gasteiger partial charge >= 0.3 is 0 Å². The number of anilines is 1. The Morgan fingerprint density at radius 2 is 1.88 bits per heavy atom. The molecular formula is C13H17N3S. The van der Waals surface area contributed by atoms with E-state index in [1.807, 2.05) is 27.2 Å². The van der Waals surface area contributed by atoms with Gasteiger partial charge in [0.25, 0.3) is 0 Å². The van der Waals surface area contributed by atoms with Crippen molar-refractivity contribution < 1.29 is 0 Å². The van der Waals surface area contributed by atoms with Crippen LogP contribution in [0.4, 0.5) is 5.69 Å². The summed E-state index contributed by atoms with van der Waals surface area (Å²) in [5.74, 6) is 0. The lowest BCUT2D eigenvalue weighted by molar-refractivity contribution is 0.857. The molecule has 2 aromatic rings. The molecule has 1 aromatic heterocycles. The third kappa shape index (κ3) is 2.65. The molecule has 1 unspecified atom stereocenters. The van der Waals surface area contributed by atoms with Crippen molar-refractivity contribution in [3.63, 3.8) is 0 Å². The van der Waals surface area contributed by atoms with Crippen LogP contribution in [0.15, 0.2) is 30.5 Å². The molecule has 17 heavy (non-hydrogen) atoms. The first-order chi connectivity index (χ1) is 8.08. The highest BCUT2D eigenvalue weighted by atomic mass is 32.1. The van der Waals surface area contributed by atoms with Crippen molar-refractivity contribution in [1.29, 1.82) is 0 Å². The van der Waals surface area contributed by atoms with E-state index in [0.29, 0.717) is 0 Å². The van der Waals surface area contributed by atoms with E-state index in [1.54, 1.807) is 11.3 Å². The minimum Gasteiger partial charge on any atom is -0.378 e. The molecule has 1 aromatic carbocycles. The van der Waals surface area contributed by atoms with Crippen LogP contribution in [-0.2, 0) is 0 Å². The van der Waals surface area contributed by atoms with Crippen LogP contribution in [0.25, 0.3) is 0 Å². The Bertz CT molecular complexity index is 488. The van der Waals surface area contributed by atoms with Crippen LogP contribution in [-0.4, -0.2) is 19.1 Å². The maximum absolute atomic E-state index is 6.19. The van der Waals surface area contributed by atoms with Crippen LogP contribution in [0.1, 0.15) is 21.5 Å². The van der Waals surface area contributed by atoms with Gasteiger partial charge in [-0.1, -0.05) is 12.1 Å². The third-order valence-electron chi connectivity index (χ3n) is 2.67. The zero-order valence-electron chi connectivity index (χ0n) is 10.3. The van der Waals surface area contributed by atoms with Crippen molar-refractivity contribution in [2.24, 2.45) is 5.73 Å². The Morgan fingerprint density at radius 1 is 1.24 bits per heavy atom. The predicted molar refractivity (Wildman–Crippen MR) is 73.7 cm³/mol. The van der Waals surface area contributed by atoms with Crippen molar-refractivity contribution in [2.45, 2.75) is 13.0 Å². The summed E-state index contributed by atoms with van der Waals surface area (Å²) in [6.45, 7) is 2.04. The molecule has 0 spiro atoms. The Morgan fingerprint density at radius 3 is 2.35 bits per heavy atom. The quantitative estimate of drug-likeness (QED) is 0.906. The van der Waals surface area contributed by atoms with Gasteiger partial charge in [-0.05, 0) is 24.6 Å². The molecular weight excluding hydrogens is 230 g/mol. The smallest absolute Gasteiger partial charge is 0.114 e. The predicted octanol–water partition coefficient (Wildman–Crippen LogP) is 2.57. The molecule has 4 heteroatoms. The van der Waals surface area contributed by atoms with E-state index in [4.69, 9.17) is 5.73 Å². The van der Waals surface area contributed by atoms with Crippen molar-refractivity contribution >= 4 is 17.0 Å². The van der Waals surface area contributed by atoms with E-state index in [9.17, 15) is 0 Å². The second-order valence-corrected chi connectivity index (χ2v) is 5.54. The van der Waals surface area contributed by atoms with Crippen molar-refractivity contribution in [1.82, 2.24) is 4.98 Å². The van der Waals surface area contributed by atoms with E-state index in [1.165, 1.54) is 10.6 Å². The molecule has 0 amide bonds. The van der Waals surface area contributed by atoms with E-state index in [-0.39, 0.29) is 6.04 Å². The van der Waals surface area contributed by atoms with Gasteiger partial charge in [-0.3, -0.25) is 0 Å². The summed E-state index contributed by atoms with van der Waals surface area (Å²) in [4.78, 5) is 7.60. The van der Waals surface area contributed by atoms with E-state index in [2.05, 4.69) is 34.1 Å². The van der Waals surface area contributed by atoms with Gasteiger partial charge in [-0.25, -0.2) is 4.98 Å². The van der Waals surface area contributed by atoms with Gasteiger partial charge < -0.3 is 10.6 Å². The van der Waals surface area contributed by atoms with Crippen LogP contribution in [0.3, 0.4) is 0 Å². The van der Waals surface area contributed by atoms with Crippen LogP contribution in [0.5, 0.6) is 0 Å². The van der Waals surface area contributed by atoms with Crippen molar-refractivity contribution in [3.05, 3.63) is 45.9 Å². The standard InChI is InChI=1S/C13H17N3S/c1-9-8-15-13(17-9)12(14)10-4-6-11(7-5-10)16(2)3/h4-8,12H,14H2,1-3H3. The summed E-state index contributed by atoms with van der Waals surface area (Å²) in [6.07, 6.45) is 1.87. The van der Waals surface area contributed by atoms with E-state index >= 15 is 0 Å². The number of aryl methyl sites for hydroxylation is 1. The first-order valence-corrected chi connectivity index (χ1v) is 6.35. The van der Waals surface area contributed by atoms with E-state index < -0.39 is 0 Å². The topological polar surface area (TPSA) is 42.1 Å². The number of rotatable bonds is 3. The number of hydrogen-bond donors (Lipinski definition) is 1. The Balaban J connectivity index is 2.22. The summed E-state index contributed by atoms with van der Waals surface area (Å²) >= 11 is 1.65. The fourth-order valence-electron chi connectivity index (χ4n) is 1.64. The van der Waals surface area contributed by atoms with Crippen LogP contribution in [0.2, 0.25) is 0 Å². The first kappa shape index (κ1) is 12.1. The zero-order valence-corrected chi connectivity index (χ0v) is 11.2. The Labute approximate surface area is 106 Å². The van der Waals surface area contributed by atoms with Gasteiger partial charge in [0.15, 0.2) is 0 Å². The summed E-state index contributed by atoms with van der Waals surface area (Å²) in [7, 11) is 4.05. The third-order valence-corrected chi connectivity index (χ3v) is 3.67. The number of thiazole rings is 1. The normalized spacial score (nSPS) is 12.5. The fourth-order valence-corrected chi connectivity index (χ4v) is 2.44. The number of hydrogen-bond acceptors (Lipinski definition) is 4. The average molecular weight is 247 g/mol. The molecule has 1 atom stereocenters. The van der Waals surface area contributed by atoms with E-state index in [0.717, 1.165) is 10.6 Å². The van der Waals surface area contributed by atoms with Gasteiger partial charge in [0.05, 0.1) is 6.04 Å². The minimum atomic E-state index is -0.120. The SMILES string of the molecule is Cc1cnc(C(N)c2ccc(N(C)C)cc2)s1. The molecule has 2 N–H and O–H groups in total. The molecule has 0 bridgehead atoms. The van der Waals surface area contributed by atoms with Crippen LogP contribution < -0.4 is 10.6 Å². The molecule has 0 radical (unpaired) electrons. The second kappa shape index (κ2) is 4.85. The van der Waals surface area contributed by atoms with Crippen molar-refractivity contribution in [2.75, 3.05) is 19.0 Å².